The molecule has 0 aliphatic rings. The summed E-state index contributed by atoms with van der Waals surface area (Å²) in [7, 11) is 4.03. The molecule has 17 heavy (non-hydrogen) atoms. The number of benzene rings is 1. The van der Waals surface area contributed by atoms with Crippen LogP contribution < -0.4 is 10.2 Å². The summed E-state index contributed by atoms with van der Waals surface area (Å²) < 4.78 is 0. The normalized spacial score (nSPS) is 10.5. The highest BCUT2D eigenvalue weighted by Crippen LogP contribution is 2.22. The molecule has 0 aliphatic carbocycles. The van der Waals surface area contributed by atoms with Crippen LogP contribution in [-0.2, 0) is 13.1 Å². The van der Waals surface area contributed by atoms with E-state index in [1.807, 2.05) is 19.3 Å². The lowest BCUT2D eigenvalue weighted by molar-refractivity contribution is 0.829. The van der Waals surface area contributed by atoms with E-state index in [1.54, 1.807) is 11.3 Å². The minimum atomic E-state index is 0.886. The van der Waals surface area contributed by atoms with E-state index in [0.717, 1.165) is 18.2 Å². The van der Waals surface area contributed by atoms with Gasteiger partial charge in [0, 0.05) is 31.2 Å². The Balaban J connectivity index is 2.01. The van der Waals surface area contributed by atoms with Gasteiger partial charge in [-0.2, -0.15) is 0 Å². The second-order valence-electron chi connectivity index (χ2n) is 3.98. The molecule has 0 saturated carbocycles. The van der Waals surface area contributed by atoms with Gasteiger partial charge in [-0.3, -0.25) is 0 Å². The van der Waals surface area contributed by atoms with E-state index in [4.69, 9.17) is 0 Å². The van der Waals surface area contributed by atoms with Gasteiger partial charge in [-0.25, -0.2) is 4.98 Å². The van der Waals surface area contributed by atoms with Crippen molar-refractivity contribution in [3.05, 3.63) is 47.0 Å². The van der Waals surface area contributed by atoms with Gasteiger partial charge in [-0.15, -0.1) is 11.3 Å². The minimum Gasteiger partial charge on any atom is -0.347 e. The van der Waals surface area contributed by atoms with Crippen LogP contribution in [0.2, 0.25) is 0 Å². The van der Waals surface area contributed by atoms with Crippen molar-refractivity contribution in [1.29, 1.82) is 0 Å². The summed E-state index contributed by atoms with van der Waals surface area (Å²) in [4.78, 5) is 7.88. The van der Waals surface area contributed by atoms with Crippen LogP contribution in [0.5, 0.6) is 0 Å². The van der Waals surface area contributed by atoms with Crippen molar-refractivity contribution in [2.24, 2.45) is 0 Å². The van der Waals surface area contributed by atoms with Crippen LogP contribution in [0.1, 0.15) is 10.4 Å². The van der Waals surface area contributed by atoms with Gasteiger partial charge in [0.25, 0.3) is 0 Å². The number of hydrogen-bond acceptors (Lipinski definition) is 4. The molecule has 0 spiro atoms. The maximum atomic E-state index is 4.44. The van der Waals surface area contributed by atoms with Gasteiger partial charge in [0.1, 0.15) is 0 Å². The maximum Gasteiger partial charge on any atom is 0.185 e. The molecule has 3 nitrogen and oxygen atoms in total. The maximum absolute atomic E-state index is 4.44. The third kappa shape index (κ3) is 3.28. The van der Waals surface area contributed by atoms with E-state index in [2.05, 4.69) is 46.5 Å². The summed E-state index contributed by atoms with van der Waals surface area (Å²) in [5, 5.41) is 4.21. The quantitative estimate of drug-likeness (QED) is 0.880. The molecule has 0 unspecified atom stereocenters. The fourth-order valence-electron chi connectivity index (χ4n) is 1.65. The van der Waals surface area contributed by atoms with E-state index in [0.29, 0.717) is 0 Å². The van der Waals surface area contributed by atoms with Crippen molar-refractivity contribution >= 4 is 16.5 Å². The van der Waals surface area contributed by atoms with Gasteiger partial charge < -0.3 is 10.2 Å². The number of thiazole rings is 1. The van der Waals surface area contributed by atoms with Crippen LogP contribution in [0, 0.1) is 0 Å². The molecule has 0 aliphatic heterocycles. The average molecular weight is 247 g/mol. The van der Waals surface area contributed by atoms with Gasteiger partial charge in [0.05, 0.1) is 0 Å². The van der Waals surface area contributed by atoms with Gasteiger partial charge in [-0.05, 0) is 12.6 Å². The Morgan fingerprint density at radius 3 is 2.76 bits per heavy atom. The van der Waals surface area contributed by atoms with Crippen molar-refractivity contribution in [1.82, 2.24) is 10.3 Å². The average Bonchev–Trinajstić information content (AvgIpc) is 2.79. The molecule has 1 aromatic carbocycles. The zero-order valence-corrected chi connectivity index (χ0v) is 11.0. The number of nitrogens with zero attached hydrogens (tertiary/aromatic N) is 2. The first kappa shape index (κ1) is 12.1. The predicted molar refractivity (Wildman–Crippen MR) is 73.4 cm³/mol. The molecule has 0 bridgehead atoms. The Morgan fingerprint density at radius 2 is 2.06 bits per heavy atom. The zero-order chi connectivity index (χ0) is 12.1. The van der Waals surface area contributed by atoms with Crippen LogP contribution >= 0.6 is 11.3 Å². The molecule has 0 atom stereocenters. The van der Waals surface area contributed by atoms with Crippen LogP contribution in [0.3, 0.4) is 0 Å². The Hall–Kier alpha value is -1.39. The highest BCUT2D eigenvalue weighted by atomic mass is 32.1. The summed E-state index contributed by atoms with van der Waals surface area (Å²) in [5.74, 6) is 0. The molecule has 2 rings (SSSR count). The lowest BCUT2D eigenvalue weighted by atomic mass is 10.2. The first-order chi connectivity index (χ1) is 8.29. The Labute approximate surface area is 106 Å². The molecule has 0 radical (unpaired) electrons. The van der Waals surface area contributed by atoms with Crippen molar-refractivity contribution in [2.45, 2.75) is 13.1 Å². The molecule has 0 saturated heterocycles. The highest BCUT2D eigenvalue weighted by molar-refractivity contribution is 7.15. The van der Waals surface area contributed by atoms with Gasteiger partial charge >= 0.3 is 0 Å². The second-order valence-corrected chi connectivity index (χ2v) is 5.07. The van der Waals surface area contributed by atoms with Crippen molar-refractivity contribution < 1.29 is 0 Å². The lowest BCUT2D eigenvalue weighted by Crippen LogP contribution is -2.15. The Kier molecular flexibility index (Phi) is 4.12. The number of hydrogen-bond donors (Lipinski definition) is 1. The summed E-state index contributed by atoms with van der Waals surface area (Å²) in [6.07, 6.45) is 1.94. The van der Waals surface area contributed by atoms with E-state index in [1.165, 1.54) is 10.4 Å². The number of anilines is 1. The van der Waals surface area contributed by atoms with Crippen molar-refractivity contribution in [2.75, 3.05) is 19.0 Å². The molecule has 1 heterocycles. The Bertz CT molecular complexity index is 453. The largest absolute Gasteiger partial charge is 0.347 e. The van der Waals surface area contributed by atoms with Gasteiger partial charge in [-0.1, -0.05) is 30.3 Å². The van der Waals surface area contributed by atoms with Crippen LogP contribution in [0.15, 0.2) is 36.5 Å². The van der Waals surface area contributed by atoms with Gasteiger partial charge in [0.2, 0.25) is 0 Å². The molecule has 0 fully saturated rings. The highest BCUT2D eigenvalue weighted by Gasteiger charge is 2.06. The second kappa shape index (κ2) is 5.80. The number of aromatic nitrogens is 1. The predicted octanol–water partition coefficient (Wildman–Crippen LogP) is 2.50. The first-order valence-corrected chi connectivity index (χ1v) is 6.45. The third-order valence-electron chi connectivity index (χ3n) is 2.48. The standard InChI is InChI=1S/C13H17N3S/c1-14-8-12-9-15-13(17-12)16(2)10-11-6-4-3-5-7-11/h3-7,9,14H,8,10H2,1-2H3. The first-order valence-electron chi connectivity index (χ1n) is 5.64. The summed E-state index contributed by atoms with van der Waals surface area (Å²) in [6.45, 7) is 1.78. The fraction of sp³-hybridized carbons (Fsp3) is 0.308. The minimum absolute atomic E-state index is 0.886. The number of rotatable bonds is 5. The molecular formula is C13H17N3S. The molecule has 2 aromatic rings. The van der Waals surface area contributed by atoms with Crippen LogP contribution in [0.25, 0.3) is 0 Å². The Morgan fingerprint density at radius 1 is 1.29 bits per heavy atom. The van der Waals surface area contributed by atoms with Crippen LogP contribution in [-0.4, -0.2) is 19.1 Å². The molecule has 1 N–H and O–H groups in total. The van der Waals surface area contributed by atoms with Crippen LogP contribution in [0.4, 0.5) is 5.13 Å². The SMILES string of the molecule is CNCc1cnc(N(C)Cc2ccccc2)s1. The van der Waals surface area contributed by atoms with Crippen molar-refractivity contribution in [3.8, 4) is 0 Å². The lowest BCUT2D eigenvalue weighted by Gasteiger charge is -2.15. The fourth-order valence-corrected chi connectivity index (χ4v) is 2.54. The van der Waals surface area contributed by atoms with E-state index in [9.17, 15) is 0 Å². The molecule has 0 amide bonds. The molecule has 4 heteroatoms. The molecular weight excluding hydrogens is 230 g/mol. The third-order valence-corrected chi connectivity index (χ3v) is 3.59. The topological polar surface area (TPSA) is 28.2 Å². The monoisotopic (exact) mass is 247 g/mol. The van der Waals surface area contributed by atoms with E-state index in [-0.39, 0.29) is 0 Å². The molecule has 1 aromatic heterocycles. The van der Waals surface area contributed by atoms with E-state index >= 15 is 0 Å². The van der Waals surface area contributed by atoms with Gasteiger partial charge in [0.15, 0.2) is 5.13 Å². The van der Waals surface area contributed by atoms with E-state index < -0.39 is 0 Å². The summed E-state index contributed by atoms with van der Waals surface area (Å²) >= 11 is 1.74. The smallest absolute Gasteiger partial charge is 0.185 e. The number of nitrogens with one attached hydrogen (secondary N) is 1. The van der Waals surface area contributed by atoms with Crippen molar-refractivity contribution in [3.63, 3.8) is 0 Å². The zero-order valence-electron chi connectivity index (χ0n) is 10.2. The summed E-state index contributed by atoms with van der Waals surface area (Å²) in [6, 6.07) is 10.4. The molecule has 90 valence electrons. The summed E-state index contributed by atoms with van der Waals surface area (Å²) in [5.41, 5.74) is 1.31.